The summed E-state index contributed by atoms with van der Waals surface area (Å²) in [6, 6.07) is 20.7. The molecule has 2 aromatic carbocycles. The Balaban J connectivity index is 2.04. The van der Waals surface area contributed by atoms with Gasteiger partial charge in [-0.3, -0.25) is 4.68 Å². The van der Waals surface area contributed by atoms with Crippen LogP contribution in [0.15, 0.2) is 73.1 Å². The highest BCUT2D eigenvalue weighted by Gasteiger charge is 2.24. The maximum Gasteiger partial charge on any atom is 0.0537 e. The summed E-state index contributed by atoms with van der Waals surface area (Å²) < 4.78 is 1.79. The predicted molar refractivity (Wildman–Crippen MR) is 84.9 cm³/mol. The number of aromatic nitrogens is 2. The van der Waals surface area contributed by atoms with E-state index < -0.39 is 0 Å². The monoisotopic (exact) mass is 277 g/mol. The van der Waals surface area contributed by atoms with E-state index in [9.17, 15) is 0 Å². The van der Waals surface area contributed by atoms with Crippen molar-refractivity contribution in [2.24, 2.45) is 12.8 Å². The number of nitrogens with zero attached hydrogens (tertiary/aromatic N) is 2. The zero-order valence-corrected chi connectivity index (χ0v) is 12.1. The van der Waals surface area contributed by atoms with E-state index in [0.29, 0.717) is 0 Å². The topological polar surface area (TPSA) is 43.8 Å². The summed E-state index contributed by atoms with van der Waals surface area (Å²) in [6.07, 6.45) is 3.84. The maximum absolute atomic E-state index is 6.56. The Morgan fingerprint density at radius 1 is 0.857 bits per heavy atom. The molecule has 21 heavy (non-hydrogen) atoms. The highest BCUT2D eigenvalue weighted by atomic mass is 15.2. The number of nitrogens with two attached hydrogens (primary N) is 1. The van der Waals surface area contributed by atoms with Gasteiger partial charge in [0, 0.05) is 30.8 Å². The van der Waals surface area contributed by atoms with Gasteiger partial charge in [-0.25, -0.2) is 0 Å². The Hall–Kier alpha value is -2.39. The molecule has 1 unspecified atom stereocenters. The lowest BCUT2D eigenvalue weighted by Gasteiger charge is -2.24. The minimum absolute atomic E-state index is 0.122. The predicted octanol–water partition coefficient (Wildman–Crippen LogP) is 3.25. The second-order valence-electron chi connectivity index (χ2n) is 5.27. The van der Waals surface area contributed by atoms with Crippen LogP contribution in [0.5, 0.6) is 0 Å². The van der Waals surface area contributed by atoms with E-state index in [2.05, 4.69) is 53.6 Å². The number of aryl methyl sites for hydroxylation is 1. The molecule has 3 heteroatoms. The van der Waals surface area contributed by atoms with E-state index >= 15 is 0 Å². The van der Waals surface area contributed by atoms with Gasteiger partial charge in [0.05, 0.1) is 6.20 Å². The molecule has 3 nitrogen and oxygen atoms in total. The number of hydrogen-bond donors (Lipinski definition) is 1. The maximum atomic E-state index is 6.56. The summed E-state index contributed by atoms with van der Waals surface area (Å²) in [5, 5.41) is 4.24. The molecule has 0 saturated heterocycles. The van der Waals surface area contributed by atoms with Crippen molar-refractivity contribution in [2.75, 3.05) is 0 Å². The van der Waals surface area contributed by atoms with Crippen LogP contribution in [0.4, 0.5) is 0 Å². The van der Waals surface area contributed by atoms with Crippen LogP contribution in [0, 0.1) is 0 Å². The van der Waals surface area contributed by atoms with Gasteiger partial charge in [0.1, 0.15) is 0 Å². The number of benzene rings is 2. The van der Waals surface area contributed by atoms with Gasteiger partial charge in [0.15, 0.2) is 0 Å². The molecule has 1 aromatic heterocycles. The van der Waals surface area contributed by atoms with E-state index in [1.807, 2.05) is 31.6 Å². The van der Waals surface area contributed by atoms with Crippen LogP contribution in [0.25, 0.3) is 0 Å². The van der Waals surface area contributed by atoms with Crippen LogP contribution in [0.1, 0.15) is 28.7 Å². The van der Waals surface area contributed by atoms with Gasteiger partial charge >= 0.3 is 0 Å². The van der Waals surface area contributed by atoms with Gasteiger partial charge in [0.2, 0.25) is 0 Å². The fourth-order valence-corrected chi connectivity index (χ4v) is 2.73. The third kappa shape index (κ3) is 2.88. The Morgan fingerprint density at radius 3 is 1.81 bits per heavy atom. The summed E-state index contributed by atoms with van der Waals surface area (Å²) >= 11 is 0. The van der Waals surface area contributed by atoms with Gasteiger partial charge in [0.25, 0.3) is 0 Å². The molecule has 0 bridgehead atoms. The van der Waals surface area contributed by atoms with Crippen molar-refractivity contribution in [3.63, 3.8) is 0 Å². The minimum atomic E-state index is -0.122. The van der Waals surface area contributed by atoms with Crippen LogP contribution in [0.2, 0.25) is 0 Å². The standard InChI is InChI=1S/C18H19N3/c1-21-13-16(12-20-21)18(19)17(14-8-4-2-5-9-14)15-10-6-3-7-11-15/h2-13,17-18H,19H2,1H3. The Kier molecular flexibility index (Phi) is 3.84. The van der Waals surface area contributed by atoms with Crippen molar-refractivity contribution in [3.8, 4) is 0 Å². The molecule has 3 aromatic rings. The molecule has 0 aliphatic carbocycles. The normalized spacial score (nSPS) is 12.5. The van der Waals surface area contributed by atoms with Crippen molar-refractivity contribution >= 4 is 0 Å². The van der Waals surface area contributed by atoms with E-state index in [1.165, 1.54) is 11.1 Å². The summed E-state index contributed by atoms with van der Waals surface area (Å²) in [5.74, 6) is 0.122. The molecule has 0 saturated carbocycles. The SMILES string of the molecule is Cn1cc(C(N)C(c2ccccc2)c2ccccc2)cn1. The van der Waals surface area contributed by atoms with Crippen molar-refractivity contribution in [3.05, 3.63) is 89.7 Å². The second-order valence-corrected chi connectivity index (χ2v) is 5.27. The van der Waals surface area contributed by atoms with Crippen LogP contribution >= 0.6 is 0 Å². The van der Waals surface area contributed by atoms with Gasteiger partial charge in [-0.2, -0.15) is 5.10 Å². The molecule has 1 atom stereocenters. The Bertz CT molecular complexity index is 649. The van der Waals surface area contributed by atoms with Crippen LogP contribution in [0.3, 0.4) is 0 Å². The lowest BCUT2D eigenvalue weighted by molar-refractivity contribution is 0.628. The van der Waals surface area contributed by atoms with E-state index in [1.54, 1.807) is 4.68 Å². The third-order valence-corrected chi connectivity index (χ3v) is 3.79. The lowest BCUT2D eigenvalue weighted by Crippen LogP contribution is -2.20. The van der Waals surface area contributed by atoms with Crippen molar-refractivity contribution in [1.82, 2.24) is 9.78 Å². The van der Waals surface area contributed by atoms with Crippen molar-refractivity contribution in [2.45, 2.75) is 12.0 Å². The Morgan fingerprint density at radius 2 is 1.38 bits per heavy atom. The van der Waals surface area contributed by atoms with Crippen LogP contribution in [-0.2, 0) is 7.05 Å². The fraction of sp³-hybridized carbons (Fsp3) is 0.167. The van der Waals surface area contributed by atoms with E-state index in [4.69, 9.17) is 5.73 Å². The highest BCUT2D eigenvalue weighted by molar-refractivity contribution is 5.36. The Labute approximate surface area is 125 Å². The minimum Gasteiger partial charge on any atom is -0.323 e. The molecule has 2 N–H and O–H groups in total. The third-order valence-electron chi connectivity index (χ3n) is 3.79. The lowest BCUT2D eigenvalue weighted by atomic mass is 9.83. The van der Waals surface area contributed by atoms with Gasteiger partial charge in [-0.1, -0.05) is 60.7 Å². The zero-order valence-electron chi connectivity index (χ0n) is 12.1. The summed E-state index contributed by atoms with van der Waals surface area (Å²) in [4.78, 5) is 0. The van der Waals surface area contributed by atoms with Crippen molar-refractivity contribution in [1.29, 1.82) is 0 Å². The molecule has 0 amide bonds. The van der Waals surface area contributed by atoms with Crippen LogP contribution in [-0.4, -0.2) is 9.78 Å². The summed E-state index contributed by atoms with van der Waals surface area (Å²) in [6.45, 7) is 0. The number of hydrogen-bond acceptors (Lipinski definition) is 2. The molecular weight excluding hydrogens is 258 g/mol. The highest BCUT2D eigenvalue weighted by Crippen LogP contribution is 2.34. The first-order chi connectivity index (χ1) is 10.3. The summed E-state index contributed by atoms with van der Waals surface area (Å²) in [5.41, 5.74) is 10.1. The molecule has 3 rings (SSSR count). The van der Waals surface area contributed by atoms with Gasteiger partial charge < -0.3 is 5.73 Å². The fourth-order valence-electron chi connectivity index (χ4n) is 2.73. The molecule has 0 aliphatic heterocycles. The summed E-state index contributed by atoms with van der Waals surface area (Å²) in [7, 11) is 1.91. The number of rotatable bonds is 4. The van der Waals surface area contributed by atoms with Crippen molar-refractivity contribution < 1.29 is 0 Å². The molecule has 0 spiro atoms. The molecule has 106 valence electrons. The molecule has 0 fully saturated rings. The van der Waals surface area contributed by atoms with E-state index in [0.717, 1.165) is 5.56 Å². The molecule has 0 aliphatic rings. The van der Waals surface area contributed by atoms with Crippen LogP contribution < -0.4 is 5.73 Å². The molecule has 0 radical (unpaired) electrons. The first-order valence-corrected chi connectivity index (χ1v) is 7.10. The van der Waals surface area contributed by atoms with Gasteiger partial charge in [-0.05, 0) is 11.1 Å². The second kappa shape index (κ2) is 5.94. The quantitative estimate of drug-likeness (QED) is 0.795. The average Bonchev–Trinajstić information content (AvgIpc) is 2.96. The van der Waals surface area contributed by atoms with E-state index in [-0.39, 0.29) is 12.0 Å². The largest absolute Gasteiger partial charge is 0.323 e. The molecular formula is C18H19N3. The smallest absolute Gasteiger partial charge is 0.0537 e. The molecule has 1 heterocycles. The zero-order chi connectivity index (χ0) is 14.7. The van der Waals surface area contributed by atoms with Gasteiger partial charge in [-0.15, -0.1) is 0 Å². The first kappa shape index (κ1) is 13.6. The first-order valence-electron chi connectivity index (χ1n) is 7.10. The average molecular weight is 277 g/mol.